The molecule has 1 aliphatic rings. The van der Waals surface area contributed by atoms with Gasteiger partial charge >= 0.3 is 0 Å². The molecule has 1 aromatic carbocycles. The molecule has 1 heterocycles. The Labute approximate surface area is 132 Å². The van der Waals surface area contributed by atoms with Gasteiger partial charge in [-0.3, -0.25) is 9.69 Å². The molecule has 22 heavy (non-hydrogen) atoms. The predicted octanol–water partition coefficient (Wildman–Crippen LogP) is 2.26. The summed E-state index contributed by atoms with van der Waals surface area (Å²) in [5, 5.41) is 11.7. The minimum Gasteiger partial charge on any atom is -0.491 e. The van der Waals surface area contributed by atoms with Gasteiger partial charge in [0.1, 0.15) is 12.4 Å². The molecule has 0 saturated carbocycles. The number of amides is 1. The zero-order chi connectivity index (χ0) is 16.1. The largest absolute Gasteiger partial charge is 0.491 e. The van der Waals surface area contributed by atoms with Gasteiger partial charge in [0.2, 0.25) is 5.91 Å². The second kappa shape index (κ2) is 7.61. The van der Waals surface area contributed by atoms with E-state index < -0.39 is 0 Å². The molecule has 0 bridgehead atoms. The Kier molecular flexibility index (Phi) is 5.80. The molecule has 122 valence electrons. The maximum absolute atomic E-state index is 12.4. The lowest BCUT2D eigenvalue weighted by molar-refractivity contribution is -0.121. The smallest absolute Gasteiger partial charge is 0.241 e. The van der Waals surface area contributed by atoms with Crippen LogP contribution in [0.15, 0.2) is 24.3 Å². The molecule has 1 aliphatic heterocycles. The van der Waals surface area contributed by atoms with Crippen LogP contribution in [0.4, 0.5) is 5.69 Å². The summed E-state index contributed by atoms with van der Waals surface area (Å²) in [6, 6.07) is 7.96. The van der Waals surface area contributed by atoms with E-state index in [4.69, 9.17) is 9.84 Å². The first-order valence-corrected chi connectivity index (χ1v) is 7.95. The minimum atomic E-state index is -0.141. The highest BCUT2D eigenvalue weighted by Crippen LogP contribution is 2.26. The van der Waals surface area contributed by atoms with E-state index >= 15 is 0 Å². The van der Waals surface area contributed by atoms with Crippen LogP contribution >= 0.6 is 0 Å². The molecular formula is C17H26N2O3. The highest BCUT2D eigenvalue weighted by molar-refractivity contribution is 5.94. The Balaban J connectivity index is 1.93. The fraction of sp³-hybridized carbons (Fsp3) is 0.588. The Hall–Kier alpha value is -1.59. The molecule has 5 nitrogen and oxygen atoms in total. The number of aliphatic hydroxyl groups is 1. The standard InChI is InChI=1S/C17H26N2O3/c1-12-4-5-13(2)19(12)14(3)17(21)18-15-6-8-16(9-7-15)22-11-10-20/h6-9,12-14,20H,4-5,10-11H2,1-3H3,(H,18,21)/t12-,13-,14+/m1/s1. The van der Waals surface area contributed by atoms with Crippen LogP contribution < -0.4 is 10.1 Å². The number of anilines is 1. The Morgan fingerprint density at radius 2 is 1.91 bits per heavy atom. The summed E-state index contributed by atoms with van der Waals surface area (Å²) < 4.78 is 5.30. The van der Waals surface area contributed by atoms with Crippen LogP contribution in [0.1, 0.15) is 33.6 Å². The van der Waals surface area contributed by atoms with Crippen molar-refractivity contribution in [3.8, 4) is 5.75 Å². The minimum absolute atomic E-state index is 0.0117. The second-order valence-corrected chi connectivity index (χ2v) is 5.98. The van der Waals surface area contributed by atoms with Crippen molar-refractivity contribution in [3.05, 3.63) is 24.3 Å². The molecular weight excluding hydrogens is 280 g/mol. The maximum Gasteiger partial charge on any atom is 0.241 e. The quantitative estimate of drug-likeness (QED) is 0.846. The van der Waals surface area contributed by atoms with E-state index in [9.17, 15) is 4.79 Å². The SMILES string of the molecule is C[C@@H]1CC[C@@H](C)N1[C@@H](C)C(=O)Nc1ccc(OCCO)cc1. The van der Waals surface area contributed by atoms with Crippen molar-refractivity contribution in [3.63, 3.8) is 0 Å². The van der Waals surface area contributed by atoms with Crippen LogP contribution in [0.2, 0.25) is 0 Å². The summed E-state index contributed by atoms with van der Waals surface area (Å²) in [6.07, 6.45) is 2.30. The fourth-order valence-electron chi connectivity index (χ4n) is 3.16. The summed E-state index contributed by atoms with van der Waals surface area (Å²) >= 11 is 0. The number of hydrogen-bond donors (Lipinski definition) is 2. The van der Waals surface area contributed by atoms with Crippen LogP contribution in [0.25, 0.3) is 0 Å². The first-order valence-electron chi connectivity index (χ1n) is 7.95. The van der Waals surface area contributed by atoms with Gasteiger partial charge in [0, 0.05) is 17.8 Å². The predicted molar refractivity (Wildman–Crippen MR) is 87.1 cm³/mol. The van der Waals surface area contributed by atoms with Crippen molar-refractivity contribution < 1.29 is 14.6 Å². The van der Waals surface area contributed by atoms with Crippen LogP contribution in [0, 0.1) is 0 Å². The van der Waals surface area contributed by atoms with Crippen LogP contribution in [-0.4, -0.2) is 47.3 Å². The average molecular weight is 306 g/mol. The molecule has 1 saturated heterocycles. The van der Waals surface area contributed by atoms with Crippen LogP contribution in [0.3, 0.4) is 0 Å². The molecule has 1 aromatic rings. The molecule has 5 heteroatoms. The van der Waals surface area contributed by atoms with E-state index in [0.29, 0.717) is 17.8 Å². The molecule has 0 unspecified atom stereocenters. The first-order chi connectivity index (χ1) is 10.5. The lowest BCUT2D eigenvalue weighted by Crippen LogP contribution is -2.46. The third kappa shape index (κ3) is 3.99. The van der Waals surface area contributed by atoms with E-state index in [1.165, 1.54) is 0 Å². The van der Waals surface area contributed by atoms with Gasteiger partial charge in [-0.25, -0.2) is 0 Å². The molecule has 1 fully saturated rings. The zero-order valence-corrected chi connectivity index (χ0v) is 13.6. The molecule has 3 atom stereocenters. The number of aliphatic hydroxyl groups excluding tert-OH is 1. The lowest BCUT2D eigenvalue weighted by atomic mass is 10.2. The molecule has 0 aliphatic carbocycles. The topological polar surface area (TPSA) is 61.8 Å². The molecule has 0 aromatic heterocycles. The van der Waals surface area contributed by atoms with Gasteiger partial charge in [-0.15, -0.1) is 0 Å². The van der Waals surface area contributed by atoms with E-state index in [1.807, 2.05) is 19.1 Å². The number of benzene rings is 1. The molecule has 1 amide bonds. The lowest BCUT2D eigenvalue weighted by Gasteiger charge is -2.31. The van der Waals surface area contributed by atoms with E-state index in [1.54, 1.807) is 12.1 Å². The monoisotopic (exact) mass is 306 g/mol. The van der Waals surface area contributed by atoms with Crippen LogP contribution in [0.5, 0.6) is 5.75 Å². The molecule has 2 N–H and O–H groups in total. The van der Waals surface area contributed by atoms with Crippen molar-refractivity contribution in [2.24, 2.45) is 0 Å². The van der Waals surface area contributed by atoms with Gasteiger partial charge in [-0.1, -0.05) is 0 Å². The zero-order valence-electron chi connectivity index (χ0n) is 13.6. The molecule has 0 radical (unpaired) electrons. The number of nitrogens with one attached hydrogen (secondary N) is 1. The van der Waals surface area contributed by atoms with Crippen LogP contribution in [-0.2, 0) is 4.79 Å². The van der Waals surface area contributed by atoms with Crippen molar-refractivity contribution >= 4 is 11.6 Å². The Bertz CT molecular complexity index is 479. The second-order valence-electron chi connectivity index (χ2n) is 5.98. The van der Waals surface area contributed by atoms with Crippen molar-refractivity contribution in [2.75, 3.05) is 18.5 Å². The average Bonchev–Trinajstić information content (AvgIpc) is 2.85. The number of likely N-dealkylation sites (tertiary alicyclic amines) is 1. The maximum atomic E-state index is 12.4. The summed E-state index contributed by atoms with van der Waals surface area (Å²) in [7, 11) is 0. The fourth-order valence-corrected chi connectivity index (χ4v) is 3.16. The number of nitrogens with zero attached hydrogens (tertiary/aromatic N) is 1. The van der Waals surface area contributed by atoms with Gasteiger partial charge in [-0.05, 0) is 57.9 Å². The Morgan fingerprint density at radius 3 is 2.45 bits per heavy atom. The van der Waals surface area contributed by atoms with Gasteiger partial charge in [0.25, 0.3) is 0 Å². The summed E-state index contributed by atoms with van der Waals surface area (Å²) in [6.45, 7) is 6.59. The number of ether oxygens (including phenoxy) is 1. The van der Waals surface area contributed by atoms with E-state index in [0.717, 1.165) is 18.5 Å². The summed E-state index contributed by atoms with van der Waals surface area (Å²) in [4.78, 5) is 14.7. The number of carbonyl (C=O) groups is 1. The van der Waals surface area contributed by atoms with Crippen molar-refractivity contribution in [2.45, 2.75) is 51.7 Å². The highest BCUT2D eigenvalue weighted by atomic mass is 16.5. The van der Waals surface area contributed by atoms with Gasteiger partial charge in [0.05, 0.1) is 12.6 Å². The summed E-state index contributed by atoms with van der Waals surface area (Å²) in [5.41, 5.74) is 0.757. The normalized spacial score (nSPS) is 23.3. The van der Waals surface area contributed by atoms with Gasteiger partial charge in [0.15, 0.2) is 0 Å². The van der Waals surface area contributed by atoms with E-state index in [2.05, 4.69) is 24.1 Å². The summed E-state index contributed by atoms with van der Waals surface area (Å²) in [5.74, 6) is 0.700. The highest BCUT2D eigenvalue weighted by Gasteiger charge is 2.34. The molecule has 0 spiro atoms. The van der Waals surface area contributed by atoms with Crippen molar-refractivity contribution in [1.29, 1.82) is 0 Å². The first kappa shape index (κ1) is 16.8. The van der Waals surface area contributed by atoms with Gasteiger partial charge < -0.3 is 15.2 Å². The van der Waals surface area contributed by atoms with Gasteiger partial charge in [-0.2, -0.15) is 0 Å². The molecule has 2 rings (SSSR count). The number of hydrogen-bond acceptors (Lipinski definition) is 4. The Morgan fingerprint density at radius 1 is 1.32 bits per heavy atom. The van der Waals surface area contributed by atoms with E-state index in [-0.39, 0.29) is 25.2 Å². The number of carbonyl (C=O) groups excluding carboxylic acids is 1. The van der Waals surface area contributed by atoms with Crippen molar-refractivity contribution in [1.82, 2.24) is 4.90 Å². The third-order valence-electron chi connectivity index (χ3n) is 4.33. The third-order valence-corrected chi connectivity index (χ3v) is 4.33. The number of rotatable bonds is 6.